The van der Waals surface area contributed by atoms with E-state index in [-0.39, 0.29) is 29.0 Å². The summed E-state index contributed by atoms with van der Waals surface area (Å²) in [5.74, 6) is -0.139. The molecule has 0 saturated heterocycles. The van der Waals surface area contributed by atoms with Crippen LogP contribution in [0.2, 0.25) is 18.1 Å². The molecule has 10 heteroatoms. The minimum Gasteiger partial charge on any atom is -0.484 e. The van der Waals surface area contributed by atoms with E-state index in [9.17, 15) is 19.3 Å². The van der Waals surface area contributed by atoms with Gasteiger partial charge >= 0.3 is 5.69 Å². The molecule has 1 atom stereocenters. The van der Waals surface area contributed by atoms with Gasteiger partial charge in [-0.05, 0) is 54.5 Å². The SMILES string of the molecule is CC(=O)Nc1ccc2nc(-c3ccc([N+](=O)[O-])c(OCC(CF)O[Si](C)(C)C(C)(C)C)c3)ccc2c1. The van der Waals surface area contributed by atoms with Gasteiger partial charge in [0.1, 0.15) is 19.4 Å². The monoisotopic (exact) mass is 513 g/mol. The molecular weight excluding hydrogens is 481 g/mol. The zero-order valence-electron chi connectivity index (χ0n) is 21.4. The lowest BCUT2D eigenvalue weighted by Gasteiger charge is -2.38. The minimum absolute atomic E-state index is 0.0256. The van der Waals surface area contributed by atoms with Crippen LogP contribution in [0.3, 0.4) is 0 Å². The number of anilines is 1. The van der Waals surface area contributed by atoms with Crippen LogP contribution in [0.1, 0.15) is 27.7 Å². The molecule has 2 aromatic carbocycles. The average Bonchev–Trinajstić information content (AvgIpc) is 2.79. The van der Waals surface area contributed by atoms with E-state index >= 15 is 0 Å². The zero-order chi connectivity index (χ0) is 26.7. The second kappa shape index (κ2) is 10.7. The number of benzene rings is 2. The molecule has 1 aromatic heterocycles. The molecule has 0 spiro atoms. The second-order valence-corrected chi connectivity index (χ2v) is 14.9. The molecule has 1 heterocycles. The van der Waals surface area contributed by atoms with E-state index in [4.69, 9.17) is 9.16 Å². The molecule has 36 heavy (non-hydrogen) atoms. The van der Waals surface area contributed by atoms with Gasteiger partial charge in [0, 0.05) is 29.6 Å². The van der Waals surface area contributed by atoms with Crippen LogP contribution in [-0.4, -0.2) is 43.5 Å². The number of hydrogen-bond acceptors (Lipinski definition) is 6. The first-order valence-electron chi connectivity index (χ1n) is 11.6. The van der Waals surface area contributed by atoms with Crippen molar-refractivity contribution in [2.24, 2.45) is 0 Å². The Labute approximate surface area is 211 Å². The van der Waals surface area contributed by atoms with E-state index in [1.165, 1.54) is 13.0 Å². The number of ether oxygens (including phenoxy) is 1. The van der Waals surface area contributed by atoms with Crippen LogP contribution < -0.4 is 10.1 Å². The summed E-state index contributed by atoms with van der Waals surface area (Å²) in [5, 5.41) is 15.1. The Bertz CT molecular complexity index is 1280. The zero-order valence-corrected chi connectivity index (χ0v) is 22.4. The summed E-state index contributed by atoms with van der Waals surface area (Å²) in [6, 6.07) is 13.5. The van der Waals surface area contributed by atoms with E-state index in [0.29, 0.717) is 22.5 Å². The van der Waals surface area contributed by atoms with Crippen LogP contribution in [-0.2, 0) is 9.22 Å². The maximum atomic E-state index is 13.8. The number of nitro groups is 1. The number of aromatic nitrogens is 1. The Kier molecular flexibility index (Phi) is 8.10. The van der Waals surface area contributed by atoms with Gasteiger partial charge in [0.25, 0.3) is 0 Å². The van der Waals surface area contributed by atoms with Gasteiger partial charge in [-0.1, -0.05) is 26.8 Å². The average molecular weight is 514 g/mol. The van der Waals surface area contributed by atoms with E-state index in [0.717, 1.165) is 5.39 Å². The number of fused-ring (bicyclic) bond motifs is 1. The van der Waals surface area contributed by atoms with Crippen molar-refractivity contribution < 1.29 is 23.3 Å². The maximum absolute atomic E-state index is 13.8. The molecule has 0 aliphatic rings. The standard InChI is InChI=1S/C26H32FN3O5Si/c1-17(31)28-20-9-11-23-18(13-20)7-10-22(29-23)19-8-12-24(30(32)33)25(14-19)34-16-21(15-27)35-36(5,6)26(2,3)4/h7-14,21H,15-16H2,1-6H3,(H,28,31). The molecule has 1 unspecified atom stereocenters. The molecule has 0 aliphatic heterocycles. The predicted molar refractivity (Wildman–Crippen MR) is 142 cm³/mol. The fourth-order valence-corrected chi connectivity index (χ4v) is 4.71. The summed E-state index contributed by atoms with van der Waals surface area (Å²) < 4.78 is 25.6. The Morgan fingerprint density at radius 2 is 1.89 bits per heavy atom. The van der Waals surface area contributed by atoms with Crippen molar-refractivity contribution in [3.8, 4) is 17.0 Å². The fourth-order valence-electron chi connectivity index (χ4n) is 3.39. The number of nitrogens with zero attached hydrogens (tertiary/aromatic N) is 2. The third kappa shape index (κ3) is 6.44. The van der Waals surface area contributed by atoms with E-state index < -0.39 is 26.0 Å². The first-order chi connectivity index (χ1) is 16.8. The van der Waals surface area contributed by atoms with Crippen molar-refractivity contribution in [1.82, 2.24) is 4.98 Å². The highest BCUT2D eigenvalue weighted by molar-refractivity contribution is 6.74. The van der Waals surface area contributed by atoms with Gasteiger partial charge in [-0.3, -0.25) is 14.9 Å². The summed E-state index contributed by atoms with van der Waals surface area (Å²) in [7, 11) is -2.25. The highest BCUT2D eigenvalue weighted by Crippen LogP contribution is 2.38. The predicted octanol–water partition coefficient (Wildman–Crippen LogP) is 6.51. The van der Waals surface area contributed by atoms with Crippen LogP contribution in [0, 0.1) is 10.1 Å². The smallest absolute Gasteiger partial charge is 0.310 e. The number of nitro benzene ring substituents is 1. The van der Waals surface area contributed by atoms with E-state index in [1.807, 2.05) is 25.2 Å². The number of alkyl halides is 1. The number of nitrogens with one attached hydrogen (secondary N) is 1. The summed E-state index contributed by atoms with van der Waals surface area (Å²) in [6.45, 7) is 10.7. The summed E-state index contributed by atoms with van der Waals surface area (Å²) in [4.78, 5) is 27.0. The van der Waals surface area contributed by atoms with E-state index in [2.05, 4.69) is 31.1 Å². The van der Waals surface area contributed by atoms with Crippen molar-refractivity contribution in [3.63, 3.8) is 0 Å². The van der Waals surface area contributed by atoms with Crippen molar-refractivity contribution in [1.29, 1.82) is 0 Å². The largest absolute Gasteiger partial charge is 0.484 e. The molecule has 3 rings (SSSR count). The molecule has 0 saturated carbocycles. The molecule has 1 amide bonds. The molecular formula is C26H32FN3O5Si. The summed E-state index contributed by atoms with van der Waals surface area (Å²) in [6.07, 6.45) is -0.828. The Balaban J connectivity index is 1.87. The van der Waals surface area contributed by atoms with Crippen LogP contribution in [0.25, 0.3) is 22.2 Å². The number of rotatable bonds is 9. The number of halogens is 1. The van der Waals surface area contributed by atoms with Gasteiger partial charge in [0.15, 0.2) is 14.1 Å². The minimum atomic E-state index is -2.25. The first-order valence-corrected chi connectivity index (χ1v) is 14.6. The fraction of sp³-hybridized carbons (Fsp3) is 0.385. The number of carbonyl (C=O) groups excluding carboxylic acids is 1. The number of amides is 1. The maximum Gasteiger partial charge on any atom is 0.310 e. The van der Waals surface area contributed by atoms with Gasteiger partial charge in [0.05, 0.1) is 16.1 Å². The molecule has 0 radical (unpaired) electrons. The molecule has 1 N–H and O–H groups in total. The highest BCUT2D eigenvalue weighted by atomic mass is 28.4. The Hall–Kier alpha value is -3.37. The van der Waals surface area contributed by atoms with Gasteiger partial charge < -0.3 is 14.5 Å². The number of hydrogen-bond donors (Lipinski definition) is 1. The molecule has 3 aromatic rings. The van der Waals surface area contributed by atoms with Crippen molar-refractivity contribution in [3.05, 3.63) is 58.6 Å². The molecule has 192 valence electrons. The third-order valence-electron chi connectivity index (χ3n) is 6.33. The van der Waals surface area contributed by atoms with Crippen LogP contribution in [0.5, 0.6) is 5.75 Å². The summed E-state index contributed by atoms with van der Waals surface area (Å²) >= 11 is 0. The lowest BCUT2D eigenvalue weighted by Crippen LogP contribution is -2.46. The van der Waals surface area contributed by atoms with Crippen LogP contribution in [0.4, 0.5) is 15.8 Å². The quantitative estimate of drug-likeness (QED) is 0.199. The van der Waals surface area contributed by atoms with Crippen molar-refractivity contribution in [2.75, 3.05) is 18.6 Å². The Morgan fingerprint density at radius 3 is 2.50 bits per heavy atom. The second-order valence-electron chi connectivity index (χ2n) is 10.2. The van der Waals surface area contributed by atoms with Gasteiger partial charge in [0.2, 0.25) is 5.91 Å². The first kappa shape index (κ1) is 27.2. The molecule has 0 fully saturated rings. The van der Waals surface area contributed by atoms with Crippen LogP contribution >= 0.6 is 0 Å². The van der Waals surface area contributed by atoms with Gasteiger partial charge in [-0.25, -0.2) is 9.37 Å². The number of pyridine rings is 1. The normalized spacial score (nSPS) is 12.9. The molecule has 0 aliphatic carbocycles. The van der Waals surface area contributed by atoms with Gasteiger partial charge in [-0.2, -0.15) is 0 Å². The lowest BCUT2D eigenvalue weighted by molar-refractivity contribution is -0.385. The molecule has 0 bridgehead atoms. The highest BCUT2D eigenvalue weighted by Gasteiger charge is 2.39. The van der Waals surface area contributed by atoms with Gasteiger partial charge in [-0.15, -0.1) is 0 Å². The van der Waals surface area contributed by atoms with Crippen LogP contribution in [0.15, 0.2) is 48.5 Å². The Morgan fingerprint density at radius 1 is 1.17 bits per heavy atom. The lowest BCUT2D eigenvalue weighted by atomic mass is 10.1. The summed E-state index contributed by atoms with van der Waals surface area (Å²) in [5.41, 5.74) is 2.35. The third-order valence-corrected chi connectivity index (χ3v) is 10.9. The van der Waals surface area contributed by atoms with Crippen molar-refractivity contribution in [2.45, 2.75) is 51.9 Å². The number of carbonyl (C=O) groups is 1. The van der Waals surface area contributed by atoms with E-state index in [1.54, 1.807) is 30.3 Å². The topological polar surface area (TPSA) is 104 Å². The molecule has 8 nitrogen and oxygen atoms in total. The van der Waals surface area contributed by atoms with Crippen molar-refractivity contribution >= 4 is 36.5 Å².